The maximum Gasteiger partial charge on any atom is 0.165 e. The van der Waals surface area contributed by atoms with Gasteiger partial charge in [0.15, 0.2) is 11.6 Å². The van der Waals surface area contributed by atoms with Gasteiger partial charge in [-0.15, -0.1) is 0 Å². The van der Waals surface area contributed by atoms with Gasteiger partial charge in [-0.2, -0.15) is 0 Å². The van der Waals surface area contributed by atoms with E-state index in [1.165, 1.54) is 13.5 Å². The summed E-state index contributed by atoms with van der Waals surface area (Å²) >= 11 is 3.49. The molecule has 0 aliphatic carbocycles. The molecule has 0 aromatic heterocycles. The number of hydrogen-bond donors (Lipinski definition) is 0. The van der Waals surface area contributed by atoms with Crippen molar-refractivity contribution in [3.8, 4) is 5.75 Å². The number of ether oxygens (including phenoxy) is 1. The van der Waals surface area contributed by atoms with Gasteiger partial charge in [-0.05, 0) is 37.2 Å². The van der Waals surface area contributed by atoms with E-state index in [0.717, 1.165) is 50.2 Å². The van der Waals surface area contributed by atoms with Crippen LogP contribution in [0.5, 0.6) is 5.75 Å². The quantitative estimate of drug-likeness (QED) is 0.764. The molecule has 0 spiro atoms. The molecule has 1 aliphatic heterocycles. The molecule has 1 saturated heterocycles. The lowest BCUT2D eigenvalue weighted by molar-refractivity contribution is 0.258. The van der Waals surface area contributed by atoms with Crippen molar-refractivity contribution in [1.82, 2.24) is 9.80 Å². The van der Waals surface area contributed by atoms with Crippen molar-refractivity contribution in [3.63, 3.8) is 0 Å². The van der Waals surface area contributed by atoms with E-state index in [1.807, 2.05) is 6.07 Å². The zero-order valence-electron chi connectivity index (χ0n) is 11.9. The van der Waals surface area contributed by atoms with Gasteiger partial charge >= 0.3 is 0 Å². The van der Waals surface area contributed by atoms with Gasteiger partial charge in [0.05, 0.1) is 7.11 Å². The summed E-state index contributed by atoms with van der Waals surface area (Å²) in [7, 11) is 1.49. The number of methoxy groups -OCH3 is 1. The van der Waals surface area contributed by atoms with E-state index in [2.05, 4.69) is 25.7 Å². The molecule has 0 N–H and O–H groups in total. The van der Waals surface area contributed by atoms with Gasteiger partial charge < -0.3 is 9.64 Å². The number of nitrogens with zero attached hydrogens (tertiary/aromatic N) is 2. The van der Waals surface area contributed by atoms with E-state index in [4.69, 9.17) is 4.74 Å². The second-order valence-electron chi connectivity index (χ2n) is 5.13. The molecule has 0 atom stereocenters. The van der Waals surface area contributed by atoms with Crippen LogP contribution in [0.4, 0.5) is 4.39 Å². The van der Waals surface area contributed by atoms with E-state index in [1.54, 1.807) is 12.1 Å². The summed E-state index contributed by atoms with van der Waals surface area (Å²) in [6, 6.07) is 5.24. The summed E-state index contributed by atoms with van der Waals surface area (Å²) in [6.45, 7) is 6.27. The second-order valence-corrected chi connectivity index (χ2v) is 5.92. The molecular formula is C15H22BrFN2O. The summed E-state index contributed by atoms with van der Waals surface area (Å²) in [5, 5.41) is 1.02. The van der Waals surface area contributed by atoms with Crippen LogP contribution >= 0.6 is 15.9 Å². The number of benzene rings is 1. The fourth-order valence-electron chi connectivity index (χ4n) is 2.59. The molecular weight excluding hydrogens is 323 g/mol. The molecule has 0 saturated carbocycles. The maximum absolute atomic E-state index is 13.7. The van der Waals surface area contributed by atoms with E-state index in [0.29, 0.717) is 5.75 Å². The van der Waals surface area contributed by atoms with Gasteiger partial charge in [0.1, 0.15) is 0 Å². The third-order valence-corrected chi connectivity index (χ3v) is 4.06. The molecule has 2 rings (SSSR count). The molecule has 112 valence electrons. The van der Waals surface area contributed by atoms with Crippen molar-refractivity contribution in [2.75, 3.05) is 45.2 Å². The monoisotopic (exact) mass is 344 g/mol. The molecule has 20 heavy (non-hydrogen) atoms. The Morgan fingerprint density at radius 1 is 1.20 bits per heavy atom. The van der Waals surface area contributed by atoms with Crippen LogP contribution in [0.2, 0.25) is 0 Å². The summed E-state index contributed by atoms with van der Waals surface area (Å²) in [4.78, 5) is 4.87. The highest BCUT2D eigenvalue weighted by molar-refractivity contribution is 9.09. The Hall–Kier alpha value is -0.650. The van der Waals surface area contributed by atoms with Crippen molar-refractivity contribution < 1.29 is 9.13 Å². The predicted octanol–water partition coefficient (Wildman–Crippen LogP) is 2.74. The highest BCUT2D eigenvalue weighted by Gasteiger charge is 2.15. The van der Waals surface area contributed by atoms with Crippen LogP contribution in [0, 0.1) is 5.82 Å². The average Bonchev–Trinajstić information content (AvgIpc) is 2.65. The average molecular weight is 345 g/mol. The summed E-state index contributed by atoms with van der Waals surface area (Å²) in [5.41, 5.74) is 1.01. The minimum absolute atomic E-state index is 0.277. The lowest BCUT2D eigenvalue weighted by Crippen LogP contribution is -2.31. The summed E-state index contributed by atoms with van der Waals surface area (Å²) in [5.74, 6) is 0.0360. The molecule has 0 radical (unpaired) electrons. The van der Waals surface area contributed by atoms with Crippen LogP contribution in [0.25, 0.3) is 0 Å². The van der Waals surface area contributed by atoms with Gasteiger partial charge in [-0.1, -0.05) is 22.0 Å². The molecule has 1 aliphatic rings. The van der Waals surface area contributed by atoms with Crippen LogP contribution < -0.4 is 4.74 Å². The highest BCUT2D eigenvalue weighted by Crippen LogP contribution is 2.19. The number of alkyl halides is 1. The number of hydrogen-bond acceptors (Lipinski definition) is 3. The SMILES string of the molecule is COc1ccc(CN2CCCN(CCBr)CC2)cc1F. The normalized spacial score (nSPS) is 17.9. The van der Waals surface area contributed by atoms with Gasteiger partial charge in [-0.25, -0.2) is 4.39 Å². The smallest absolute Gasteiger partial charge is 0.165 e. The highest BCUT2D eigenvalue weighted by atomic mass is 79.9. The molecule has 5 heteroatoms. The topological polar surface area (TPSA) is 15.7 Å². The molecule has 1 fully saturated rings. The fraction of sp³-hybridized carbons (Fsp3) is 0.600. The Morgan fingerprint density at radius 2 is 1.95 bits per heavy atom. The first-order valence-electron chi connectivity index (χ1n) is 7.06. The van der Waals surface area contributed by atoms with Crippen LogP contribution in [0.3, 0.4) is 0 Å². The number of rotatable bonds is 5. The first kappa shape index (κ1) is 15.7. The molecule has 1 aromatic rings. The van der Waals surface area contributed by atoms with E-state index >= 15 is 0 Å². The molecule has 0 amide bonds. The number of halogens is 2. The van der Waals surface area contributed by atoms with Gasteiger partial charge in [0.25, 0.3) is 0 Å². The standard InChI is InChI=1S/C15H22BrFN2O/c1-20-15-4-3-13(11-14(15)17)12-19-7-2-6-18(8-5-16)9-10-19/h3-4,11H,2,5-10,12H2,1H3. The summed E-state index contributed by atoms with van der Waals surface area (Å²) < 4.78 is 18.6. The zero-order chi connectivity index (χ0) is 14.4. The molecule has 1 heterocycles. The van der Waals surface area contributed by atoms with Gasteiger partial charge in [0.2, 0.25) is 0 Å². The third-order valence-electron chi connectivity index (χ3n) is 3.70. The van der Waals surface area contributed by atoms with Crippen molar-refractivity contribution in [1.29, 1.82) is 0 Å². The lowest BCUT2D eigenvalue weighted by atomic mass is 10.2. The largest absolute Gasteiger partial charge is 0.494 e. The molecule has 0 unspecified atom stereocenters. The van der Waals surface area contributed by atoms with Crippen LogP contribution in [0.15, 0.2) is 18.2 Å². The van der Waals surface area contributed by atoms with E-state index in [-0.39, 0.29) is 5.82 Å². The Kier molecular flexibility index (Phi) is 6.26. The van der Waals surface area contributed by atoms with Crippen molar-refractivity contribution in [3.05, 3.63) is 29.6 Å². The Bertz CT molecular complexity index is 430. The first-order chi connectivity index (χ1) is 9.72. The first-order valence-corrected chi connectivity index (χ1v) is 8.18. The fourth-order valence-corrected chi connectivity index (χ4v) is 3.09. The van der Waals surface area contributed by atoms with Gasteiger partial charge in [-0.3, -0.25) is 4.90 Å². The van der Waals surface area contributed by atoms with Crippen molar-refractivity contribution in [2.24, 2.45) is 0 Å². The Balaban J connectivity index is 1.91. The Labute approximate surface area is 128 Å². The second kappa shape index (κ2) is 7.96. The van der Waals surface area contributed by atoms with Crippen molar-refractivity contribution in [2.45, 2.75) is 13.0 Å². The van der Waals surface area contributed by atoms with Crippen LogP contribution in [0.1, 0.15) is 12.0 Å². The zero-order valence-corrected chi connectivity index (χ0v) is 13.5. The van der Waals surface area contributed by atoms with Crippen LogP contribution in [-0.2, 0) is 6.54 Å². The Morgan fingerprint density at radius 3 is 2.65 bits per heavy atom. The van der Waals surface area contributed by atoms with Gasteiger partial charge in [0, 0.05) is 31.5 Å². The third kappa shape index (κ3) is 4.43. The molecule has 0 bridgehead atoms. The lowest BCUT2D eigenvalue weighted by Gasteiger charge is -2.21. The van der Waals surface area contributed by atoms with Crippen LogP contribution in [-0.4, -0.2) is 55.0 Å². The molecule has 1 aromatic carbocycles. The minimum atomic E-state index is -0.277. The van der Waals surface area contributed by atoms with Crippen molar-refractivity contribution >= 4 is 15.9 Å². The summed E-state index contributed by atoms with van der Waals surface area (Å²) in [6.07, 6.45) is 1.17. The maximum atomic E-state index is 13.7. The predicted molar refractivity (Wildman–Crippen MR) is 83.1 cm³/mol. The van der Waals surface area contributed by atoms with E-state index < -0.39 is 0 Å². The van der Waals surface area contributed by atoms with E-state index in [9.17, 15) is 4.39 Å². The minimum Gasteiger partial charge on any atom is -0.494 e. The molecule has 3 nitrogen and oxygen atoms in total.